The Morgan fingerprint density at radius 3 is 2.50 bits per heavy atom. The lowest BCUT2D eigenvalue weighted by atomic mass is 10.2. The zero-order valence-corrected chi connectivity index (χ0v) is 18.0. The van der Waals surface area contributed by atoms with E-state index in [4.69, 9.17) is 11.6 Å². The van der Waals surface area contributed by atoms with Crippen molar-refractivity contribution in [1.29, 1.82) is 0 Å². The average molecular weight is 439 g/mol. The van der Waals surface area contributed by atoms with Crippen LogP contribution in [0.5, 0.6) is 0 Å². The molecule has 0 radical (unpaired) electrons. The molecule has 0 bridgehead atoms. The summed E-state index contributed by atoms with van der Waals surface area (Å²) in [6.07, 6.45) is 1.72. The fraction of sp³-hybridized carbons (Fsp3) is 0.350. The molecule has 1 aliphatic heterocycles. The standard InChI is InChI=1S/C20H23ClN2O3S2/c1-15-4-6-16(7-5-15)27-13-10-22-20(24)18-14-17(8-9-19(18)21)28(25,26)23-11-2-3-12-23/h4-9,14H,2-3,10-13H2,1H3,(H,22,24). The summed E-state index contributed by atoms with van der Waals surface area (Å²) < 4.78 is 26.9. The summed E-state index contributed by atoms with van der Waals surface area (Å²) in [6.45, 7) is 3.53. The van der Waals surface area contributed by atoms with E-state index in [1.54, 1.807) is 11.8 Å². The Balaban J connectivity index is 1.62. The molecule has 3 rings (SSSR count). The fourth-order valence-electron chi connectivity index (χ4n) is 2.98. The predicted octanol–water partition coefficient (Wildman–Crippen LogP) is 3.96. The molecule has 0 unspecified atom stereocenters. The third-order valence-corrected chi connectivity index (χ3v) is 7.80. The van der Waals surface area contributed by atoms with Gasteiger partial charge in [0.2, 0.25) is 10.0 Å². The molecule has 2 aromatic carbocycles. The van der Waals surface area contributed by atoms with Crippen LogP contribution in [0.25, 0.3) is 0 Å². The zero-order chi connectivity index (χ0) is 20.1. The number of carbonyl (C=O) groups is 1. The summed E-state index contributed by atoms with van der Waals surface area (Å²) in [4.78, 5) is 13.8. The number of hydrogen-bond donors (Lipinski definition) is 1. The molecule has 0 spiro atoms. The van der Waals surface area contributed by atoms with E-state index in [0.29, 0.717) is 25.4 Å². The smallest absolute Gasteiger partial charge is 0.252 e. The molecule has 0 atom stereocenters. The van der Waals surface area contributed by atoms with Crippen molar-refractivity contribution in [3.8, 4) is 0 Å². The van der Waals surface area contributed by atoms with Gasteiger partial charge in [0, 0.05) is 30.3 Å². The molecule has 5 nitrogen and oxygen atoms in total. The Morgan fingerprint density at radius 2 is 1.82 bits per heavy atom. The molecule has 1 saturated heterocycles. The third kappa shape index (κ3) is 5.08. The van der Waals surface area contributed by atoms with Crippen LogP contribution in [0.1, 0.15) is 28.8 Å². The van der Waals surface area contributed by atoms with Crippen molar-refractivity contribution < 1.29 is 13.2 Å². The zero-order valence-electron chi connectivity index (χ0n) is 15.7. The van der Waals surface area contributed by atoms with Gasteiger partial charge in [0.25, 0.3) is 5.91 Å². The fourth-order valence-corrected chi connectivity index (χ4v) is 5.50. The molecule has 1 heterocycles. The number of benzene rings is 2. The van der Waals surface area contributed by atoms with E-state index in [-0.39, 0.29) is 21.4 Å². The van der Waals surface area contributed by atoms with Crippen LogP contribution in [-0.2, 0) is 10.0 Å². The van der Waals surface area contributed by atoms with Crippen LogP contribution in [0.15, 0.2) is 52.3 Å². The summed E-state index contributed by atoms with van der Waals surface area (Å²) in [6, 6.07) is 12.5. The molecule has 0 aliphatic carbocycles. The van der Waals surface area contributed by atoms with Gasteiger partial charge in [-0.2, -0.15) is 4.31 Å². The molecule has 2 aromatic rings. The van der Waals surface area contributed by atoms with Crippen LogP contribution >= 0.6 is 23.4 Å². The van der Waals surface area contributed by atoms with Crippen molar-refractivity contribution in [3.63, 3.8) is 0 Å². The van der Waals surface area contributed by atoms with E-state index in [9.17, 15) is 13.2 Å². The first-order valence-corrected chi connectivity index (χ1v) is 12.0. The van der Waals surface area contributed by atoms with Crippen LogP contribution < -0.4 is 5.32 Å². The molecule has 1 aliphatic rings. The predicted molar refractivity (Wildman–Crippen MR) is 114 cm³/mol. The Hall–Kier alpha value is -1.54. The number of amides is 1. The Morgan fingerprint density at radius 1 is 1.14 bits per heavy atom. The van der Waals surface area contributed by atoms with Crippen molar-refractivity contribution in [3.05, 3.63) is 58.6 Å². The topological polar surface area (TPSA) is 66.5 Å². The molecule has 150 valence electrons. The highest BCUT2D eigenvalue weighted by molar-refractivity contribution is 7.99. The van der Waals surface area contributed by atoms with Crippen molar-refractivity contribution in [2.24, 2.45) is 0 Å². The van der Waals surface area contributed by atoms with Gasteiger partial charge in [-0.1, -0.05) is 29.3 Å². The van der Waals surface area contributed by atoms with Crippen LogP contribution in [-0.4, -0.2) is 44.0 Å². The number of sulfonamides is 1. The van der Waals surface area contributed by atoms with Gasteiger partial charge in [-0.3, -0.25) is 4.79 Å². The van der Waals surface area contributed by atoms with E-state index >= 15 is 0 Å². The quantitative estimate of drug-likeness (QED) is 0.525. The van der Waals surface area contributed by atoms with E-state index in [0.717, 1.165) is 17.7 Å². The lowest BCUT2D eigenvalue weighted by molar-refractivity contribution is 0.0956. The third-order valence-electron chi connectivity index (χ3n) is 4.56. The number of carbonyl (C=O) groups excluding carboxylic acids is 1. The molecule has 1 N–H and O–H groups in total. The van der Waals surface area contributed by atoms with Crippen molar-refractivity contribution in [2.75, 3.05) is 25.4 Å². The second-order valence-corrected chi connectivity index (χ2v) is 10.2. The maximum Gasteiger partial charge on any atom is 0.252 e. The first-order valence-electron chi connectivity index (χ1n) is 9.15. The normalized spacial score (nSPS) is 14.9. The van der Waals surface area contributed by atoms with Gasteiger partial charge in [0.1, 0.15) is 0 Å². The molecule has 0 aromatic heterocycles. The summed E-state index contributed by atoms with van der Waals surface area (Å²) >= 11 is 7.79. The second kappa shape index (κ2) is 9.31. The Bertz CT molecular complexity index is 940. The highest BCUT2D eigenvalue weighted by atomic mass is 35.5. The SMILES string of the molecule is Cc1ccc(SCCNC(=O)c2cc(S(=O)(=O)N3CCCC3)ccc2Cl)cc1. The van der Waals surface area contributed by atoms with Crippen molar-refractivity contribution in [2.45, 2.75) is 29.6 Å². The van der Waals surface area contributed by atoms with Crippen LogP contribution in [0.2, 0.25) is 5.02 Å². The van der Waals surface area contributed by atoms with Crippen molar-refractivity contribution >= 4 is 39.3 Å². The molecular formula is C20H23ClN2O3S2. The van der Waals surface area contributed by atoms with Gasteiger partial charge in [-0.25, -0.2) is 8.42 Å². The molecule has 1 amide bonds. The number of thioether (sulfide) groups is 1. The molecule has 1 fully saturated rings. The number of nitrogens with one attached hydrogen (secondary N) is 1. The average Bonchev–Trinajstić information content (AvgIpc) is 3.22. The van der Waals surface area contributed by atoms with Gasteiger partial charge >= 0.3 is 0 Å². The largest absolute Gasteiger partial charge is 0.351 e. The number of rotatable bonds is 7. The van der Waals surface area contributed by atoms with E-state index < -0.39 is 10.0 Å². The summed E-state index contributed by atoms with van der Waals surface area (Å²) in [5.74, 6) is 0.339. The van der Waals surface area contributed by atoms with Gasteiger partial charge < -0.3 is 5.32 Å². The summed E-state index contributed by atoms with van der Waals surface area (Å²) in [7, 11) is -3.59. The summed E-state index contributed by atoms with van der Waals surface area (Å²) in [5, 5.41) is 3.06. The maximum atomic E-state index is 12.7. The van der Waals surface area contributed by atoms with Crippen LogP contribution in [0.4, 0.5) is 0 Å². The van der Waals surface area contributed by atoms with E-state index in [1.165, 1.54) is 28.1 Å². The highest BCUT2D eigenvalue weighted by Gasteiger charge is 2.28. The van der Waals surface area contributed by atoms with Gasteiger partial charge in [0.15, 0.2) is 0 Å². The van der Waals surface area contributed by atoms with Crippen LogP contribution in [0, 0.1) is 6.92 Å². The first kappa shape index (κ1) is 21.2. The van der Waals surface area contributed by atoms with Gasteiger partial charge in [-0.15, -0.1) is 11.8 Å². The molecule has 0 saturated carbocycles. The molecular weight excluding hydrogens is 416 g/mol. The Labute approximate surface area is 175 Å². The molecule has 8 heteroatoms. The minimum atomic E-state index is -3.59. The first-order chi connectivity index (χ1) is 13.4. The molecule has 28 heavy (non-hydrogen) atoms. The summed E-state index contributed by atoms with van der Waals surface area (Å²) in [5.41, 5.74) is 1.39. The highest BCUT2D eigenvalue weighted by Crippen LogP contribution is 2.25. The number of aryl methyl sites for hydroxylation is 1. The minimum Gasteiger partial charge on any atom is -0.351 e. The minimum absolute atomic E-state index is 0.109. The Kier molecular flexibility index (Phi) is 7.04. The van der Waals surface area contributed by atoms with Gasteiger partial charge in [0.05, 0.1) is 15.5 Å². The number of halogens is 1. The second-order valence-electron chi connectivity index (χ2n) is 6.67. The van der Waals surface area contributed by atoms with E-state index in [1.807, 2.05) is 31.2 Å². The number of nitrogens with zero attached hydrogens (tertiary/aromatic N) is 1. The lowest BCUT2D eigenvalue weighted by Gasteiger charge is -2.16. The van der Waals surface area contributed by atoms with E-state index in [2.05, 4.69) is 5.32 Å². The lowest BCUT2D eigenvalue weighted by Crippen LogP contribution is -2.29. The maximum absolute atomic E-state index is 12.7. The monoisotopic (exact) mass is 438 g/mol. The van der Waals surface area contributed by atoms with Crippen LogP contribution in [0.3, 0.4) is 0 Å². The van der Waals surface area contributed by atoms with Crippen molar-refractivity contribution in [1.82, 2.24) is 9.62 Å². The van der Waals surface area contributed by atoms with Gasteiger partial charge in [-0.05, 0) is 50.1 Å². The number of hydrogen-bond acceptors (Lipinski definition) is 4.